The van der Waals surface area contributed by atoms with Crippen molar-refractivity contribution in [3.8, 4) is 11.5 Å². The van der Waals surface area contributed by atoms with E-state index in [0.717, 1.165) is 22.0 Å². The van der Waals surface area contributed by atoms with Crippen LogP contribution in [0.2, 0.25) is 10.0 Å². The fourth-order valence-electron chi connectivity index (χ4n) is 5.20. The van der Waals surface area contributed by atoms with Gasteiger partial charge in [-0.1, -0.05) is 66.5 Å². The zero-order chi connectivity index (χ0) is 34.3. The standard InChI is InChI=1S/C35H34Cl2FN3O6S/c1-2-16-39-35(43)31(19-24-6-4-3-5-7-24)40(22-25-8-9-26(36)20-30(25)37)34(42)23-41(28-12-10-27(38)11-13-28)48(44,45)29-14-15-32-33(21-29)47-18-17-46-32/h3-15,20-21,31H,2,16-19,22-23H2,1H3,(H,39,43)/t31-/m1/s1. The van der Waals surface area contributed by atoms with Gasteiger partial charge in [0.2, 0.25) is 11.8 Å². The molecular weight excluding hydrogens is 680 g/mol. The number of carbonyl (C=O) groups excluding carboxylic acids is 2. The maximum atomic E-state index is 14.5. The van der Waals surface area contributed by atoms with Crippen molar-refractivity contribution in [3.05, 3.63) is 118 Å². The van der Waals surface area contributed by atoms with Crippen LogP contribution >= 0.6 is 23.2 Å². The van der Waals surface area contributed by atoms with Gasteiger partial charge in [0, 0.05) is 35.6 Å². The molecule has 0 fully saturated rings. The Hall–Kier alpha value is -4.32. The van der Waals surface area contributed by atoms with Crippen molar-refractivity contribution in [1.29, 1.82) is 0 Å². The normalized spacial score (nSPS) is 13.0. The number of ether oxygens (including phenoxy) is 2. The van der Waals surface area contributed by atoms with Crippen LogP contribution < -0.4 is 19.1 Å². The lowest BCUT2D eigenvalue weighted by Crippen LogP contribution is -2.53. The maximum absolute atomic E-state index is 14.5. The van der Waals surface area contributed by atoms with Gasteiger partial charge in [0.15, 0.2) is 11.5 Å². The summed E-state index contributed by atoms with van der Waals surface area (Å²) in [4.78, 5) is 29.5. The lowest BCUT2D eigenvalue weighted by atomic mass is 10.0. The van der Waals surface area contributed by atoms with Crippen molar-refractivity contribution in [2.45, 2.75) is 37.2 Å². The number of carbonyl (C=O) groups is 2. The number of fused-ring (bicyclic) bond motifs is 1. The highest BCUT2D eigenvalue weighted by atomic mass is 35.5. The minimum atomic E-state index is -4.45. The van der Waals surface area contributed by atoms with Gasteiger partial charge in [-0.05, 0) is 66.1 Å². The quantitative estimate of drug-likeness (QED) is 0.175. The molecule has 4 aromatic rings. The number of anilines is 1. The third kappa shape index (κ3) is 8.39. The number of rotatable bonds is 13. The summed E-state index contributed by atoms with van der Waals surface area (Å²) in [5.41, 5.74) is 1.33. The second-order valence-electron chi connectivity index (χ2n) is 11.0. The SMILES string of the molecule is CCCNC(=O)[C@@H](Cc1ccccc1)N(Cc1ccc(Cl)cc1Cl)C(=O)CN(c1ccc(F)cc1)S(=O)(=O)c1ccc2c(c1)OCCO2. The van der Waals surface area contributed by atoms with E-state index in [2.05, 4.69) is 5.32 Å². The summed E-state index contributed by atoms with van der Waals surface area (Å²) in [6, 6.07) is 21.8. The van der Waals surface area contributed by atoms with Gasteiger partial charge in [-0.3, -0.25) is 13.9 Å². The van der Waals surface area contributed by atoms with Crippen LogP contribution in [0.1, 0.15) is 24.5 Å². The number of hydrogen-bond donors (Lipinski definition) is 1. The topological polar surface area (TPSA) is 105 Å². The summed E-state index contributed by atoms with van der Waals surface area (Å²) in [5.74, 6) is -1.07. The van der Waals surface area contributed by atoms with Crippen LogP contribution in [-0.2, 0) is 32.6 Å². The first kappa shape index (κ1) is 35.0. The Morgan fingerprint density at radius 2 is 1.62 bits per heavy atom. The van der Waals surface area contributed by atoms with E-state index in [9.17, 15) is 22.4 Å². The van der Waals surface area contributed by atoms with E-state index in [4.69, 9.17) is 32.7 Å². The fraction of sp³-hybridized carbons (Fsp3) is 0.257. The second-order valence-corrected chi connectivity index (χ2v) is 13.8. The van der Waals surface area contributed by atoms with Gasteiger partial charge >= 0.3 is 0 Å². The summed E-state index contributed by atoms with van der Waals surface area (Å²) < 4.78 is 54.7. The predicted octanol–water partition coefficient (Wildman–Crippen LogP) is 6.27. The molecule has 1 heterocycles. The first-order valence-corrected chi connectivity index (χ1v) is 17.5. The van der Waals surface area contributed by atoms with Crippen molar-refractivity contribution in [1.82, 2.24) is 10.2 Å². The molecule has 0 radical (unpaired) electrons. The van der Waals surface area contributed by atoms with Crippen molar-refractivity contribution in [2.75, 3.05) is 30.6 Å². The van der Waals surface area contributed by atoms with Crippen LogP contribution in [-0.4, -0.2) is 57.5 Å². The Bertz CT molecular complexity index is 1860. The first-order valence-electron chi connectivity index (χ1n) is 15.3. The molecule has 0 aliphatic carbocycles. The van der Waals surface area contributed by atoms with Crippen LogP contribution in [0.5, 0.6) is 11.5 Å². The Morgan fingerprint density at radius 1 is 0.917 bits per heavy atom. The minimum Gasteiger partial charge on any atom is -0.486 e. The van der Waals surface area contributed by atoms with Gasteiger partial charge in [0.05, 0.1) is 10.6 Å². The highest BCUT2D eigenvalue weighted by molar-refractivity contribution is 7.92. The molecule has 0 spiro atoms. The third-order valence-electron chi connectivity index (χ3n) is 7.67. The summed E-state index contributed by atoms with van der Waals surface area (Å²) in [6.07, 6.45) is 0.797. The molecule has 1 aliphatic heterocycles. The molecule has 252 valence electrons. The molecule has 1 atom stereocenters. The van der Waals surface area contributed by atoms with E-state index < -0.39 is 40.2 Å². The fourth-order valence-corrected chi connectivity index (χ4v) is 7.10. The van der Waals surface area contributed by atoms with Crippen molar-refractivity contribution in [3.63, 3.8) is 0 Å². The lowest BCUT2D eigenvalue weighted by Gasteiger charge is -2.34. The minimum absolute atomic E-state index is 0.0409. The molecule has 0 saturated carbocycles. The maximum Gasteiger partial charge on any atom is 0.264 e. The monoisotopic (exact) mass is 713 g/mol. The molecule has 48 heavy (non-hydrogen) atoms. The van der Waals surface area contributed by atoms with E-state index in [1.54, 1.807) is 12.1 Å². The van der Waals surface area contributed by atoms with E-state index in [0.29, 0.717) is 35.9 Å². The molecule has 13 heteroatoms. The summed E-state index contributed by atoms with van der Waals surface area (Å²) in [7, 11) is -4.45. The number of sulfonamides is 1. The van der Waals surface area contributed by atoms with Crippen molar-refractivity contribution >= 4 is 50.7 Å². The van der Waals surface area contributed by atoms with Crippen LogP contribution in [0.25, 0.3) is 0 Å². The van der Waals surface area contributed by atoms with Gasteiger partial charge in [-0.25, -0.2) is 12.8 Å². The molecule has 0 saturated heterocycles. The van der Waals surface area contributed by atoms with Crippen molar-refractivity contribution < 1.29 is 31.9 Å². The van der Waals surface area contributed by atoms with Gasteiger partial charge < -0.3 is 19.7 Å². The summed E-state index contributed by atoms with van der Waals surface area (Å²) >= 11 is 12.7. The highest BCUT2D eigenvalue weighted by Crippen LogP contribution is 2.34. The van der Waals surface area contributed by atoms with Gasteiger partial charge in [-0.2, -0.15) is 0 Å². The first-order chi connectivity index (χ1) is 23.1. The number of benzene rings is 4. The van der Waals surface area contributed by atoms with Gasteiger partial charge in [-0.15, -0.1) is 0 Å². The Kier molecular flexibility index (Phi) is 11.5. The average Bonchev–Trinajstić information content (AvgIpc) is 3.09. The number of halogens is 3. The van der Waals surface area contributed by atoms with E-state index >= 15 is 0 Å². The van der Waals surface area contributed by atoms with E-state index in [1.165, 1.54) is 41.3 Å². The molecule has 5 rings (SSSR count). The van der Waals surface area contributed by atoms with E-state index in [-0.39, 0.29) is 40.9 Å². The van der Waals surface area contributed by atoms with Crippen LogP contribution in [0, 0.1) is 5.82 Å². The molecule has 0 aromatic heterocycles. The zero-order valence-corrected chi connectivity index (χ0v) is 28.4. The van der Waals surface area contributed by atoms with Crippen LogP contribution in [0.4, 0.5) is 10.1 Å². The average molecular weight is 715 g/mol. The molecule has 0 bridgehead atoms. The lowest BCUT2D eigenvalue weighted by molar-refractivity contribution is -0.140. The molecule has 4 aromatic carbocycles. The third-order valence-corrected chi connectivity index (χ3v) is 10.0. The van der Waals surface area contributed by atoms with Crippen molar-refractivity contribution in [2.24, 2.45) is 0 Å². The second kappa shape index (κ2) is 15.7. The van der Waals surface area contributed by atoms with Gasteiger partial charge in [0.1, 0.15) is 31.6 Å². The Morgan fingerprint density at radius 3 is 2.31 bits per heavy atom. The Balaban J connectivity index is 1.58. The number of amides is 2. The molecule has 0 unspecified atom stereocenters. The predicted molar refractivity (Wildman–Crippen MR) is 183 cm³/mol. The van der Waals surface area contributed by atoms with Crippen LogP contribution in [0.15, 0.2) is 95.9 Å². The number of nitrogens with one attached hydrogen (secondary N) is 1. The number of nitrogens with zero attached hydrogens (tertiary/aromatic N) is 2. The smallest absolute Gasteiger partial charge is 0.264 e. The molecule has 2 amide bonds. The van der Waals surface area contributed by atoms with E-state index in [1.807, 2.05) is 37.3 Å². The van der Waals surface area contributed by atoms with Crippen LogP contribution in [0.3, 0.4) is 0 Å². The molecule has 1 N–H and O–H groups in total. The zero-order valence-electron chi connectivity index (χ0n) is 26.1. The largest absolute Gasteiger partial charge is 0.486 e. The molecular formula is C35H34Cl2FN3O6S. The summed E-state index contributed by atoms with van der Waals surface area (Å²) in [5, 5.41) is 3.54. The highest BCUT2D eigenvalue weighted by Gasteiger charge is 2.35. The molecule has 1 aliphatic rings. The molecule has 9 nitrogen and oxygen atoms in total. The summed E-state index contributed by atoms with van der Waals surface area (Å²) in [6.45, 7) is 1.98. The number of hydrogen-bond acceptors (Lipinski definition) is 6. The van der Waals surface area contributed by atoms with Gasteiger partial charge in [0.25, 0.3) is 10.0 Å². The Labute approximate surface area is 289 Å².